The number of benzene rings is 1. The third-order valence-corrected chi connectivity index (χ3v) is 2.34. The number of esters is 1. The lowest BCUT2D eigenvalue weighted by Gasteiger charge is -2.16. The Hall–Kier alpha value is -2.06. The molecule has 0 aromatic heterocycles. The normalized spacial score (nSPS) is 13.7. The number of aliphatic hydroxyl groups is 2. The second kappa shape index (κ2) is 6.21. The summed E-state index contributed by atoms with van der Waals surface area (Å²) in [6, 6.07) is 2.56. The fourth-order valence-corrected chi connectivity index (χ4v) is 1.39. The summed E-state index contributed by atoms with van der Waals surface area (Å²) < 4.78 is 17.6. The predicted molar refractivity (Wildman–Crippen MR) is 60.7 cm³/mol. The Morgan fingerprint density at radius 3 is 2.68 bits per heavy atom. The molecule has 0 aliphatic heterocycles. The van der Waals surface area contributed by atoms with Crippen LogP contribution in [0.5, 0.6) is 0 Å². The van der Waals surface area contributed by atoms with Gasteiger partial charge in [0, 0.05) is 6.07 Å². The maximum Gasteiger partial charge on any atom is 0.338 e. The van der Waals surface area contributed by atoms with Crippen molar-refractivity contribution in [3.63, 3.8) is 0 Å². The largest absolute Gasteiger partial charge is 0.464 e. The molecule has 0 amide bonds. The van der Waals surface area contributed by atoms with Gasteiger partial charge in [-0.1, -0.05) is 6.07 Å². The van der Waals surface area contributed by atoms with E-state index in [9.17, 15) is 29.5 Å². The first kappa shape index (κ1) is 15.0. The highest BCUT2D eigenvalue weighted by Crippen LogP contribution is 2.24. The molecular weight excluding hydrogens is 261 g/mol. The first-order valence-electron chi connectivity index (χ1n) is 5.35. The van der Waals surface area contributed by atoms with E-state index in [1.807, 2.05) is 0 Å². The molecule has 1 aromatic rings. The van der Waals surface area contributed by atoms with Crippen LogP contribution < -0.4 is 0 Å². The summed E-state index contributed by atoms with van der Waals surface area (Å²) in [5, 5.41) is 29.7. The van der Waals surface area contributed by atoms with E-state index in [4.69, 9.17) is 0 Å². The number of hydrogen-bond donors (Lipinski definition) is 2. The van der Waals surface area contributed by atoms with Crippen molar-refractivity contribution in [2.75, 3.05) is 6.61 Å². The number of carbonyl (C=O) groups excluding carboxylic acids is 1. The molecule has 0 radical (unpaired) electrons. The molecular formula is C11H12FNO6. The topological polar surface area (TPSA) is 110 Å². The van der Waals surface area contributed by atoms with Crippen LogP contribution in [-0.2, 0) is 9.53 Å². The van der Waals surface area contributed by atoms with Gasteiger partial charge in [0.15, 0.2) is 6.10 Å². The Labute approximate surface area is 107 Å². The number of nitrogens with zero attached hydrogens (tertiary/aromatic N) is 1. The Kier molecular flexibility index (Phi) is 4.90. The van der Waals surface area contributed by atoms with Crippen LogP contribution in [-0.4, -0.2) is 33.8 Å². The number of carbonyl (C=O) groups is 1. The summed E-state index contributed by atoms with van der Waals surface area (Å²) in [4.78, 5) is 20.8. The van der Waals surface area contributed by atoms with Crippen molar-refractivity contribution < 1.29 is 29.1 Å². The van der Waals surface area contributed by atoms with Gasteiger partial charge in [-0.15, -0.1) is 0 Å². The number of halogens is 1. The van der Waals surface area contributed by atoms with Gasteiger partial charge in [0.2, 0.25) is 5.82 Å². The highest BCUT2D eigenvalue weighted by molar-refractivity contribution is 5.75. The number of ether oxygens (including phenoxy) is 1. The quantitative estimate of drug-likeness (QED) is 0.464. The third kappa shape index (κ3) is 3.46. The zero-order valence-corrected chi connectivity index (χ0v) is 9.95. The van der Waals surface area contributed by atoms with Crippen molar-refractivity contribution in [1.29, 1.82) is 0 Å². The van der Waals surface area contributed by atoms with Crippen molar-refractivity contribution in [2.45, 2.75) is 19.1 Å². The number of hydrogen-bond acceptors (Lipinski definition) is 6. The molecule has 0 spiro atoms. The molecule has 0 fully saturated rings. The van der Waals surface area contributed by atoms with Crippen LogP contribution in [0.3, 0.4) is 0 Å². The van der Waals surface area contributed by atoms with Crippen LogP contribution in [0.4, 0.5) is 10.1 Å². The summed E-state index contributed by atoms with van der Waals surface area (Å²) in [5.74, 6) is -2.14. The van der Waals surface area contributed by atoms with E-state index in [-0.39, 0.29) is 12.2 Å². The molecule has 0 heterocycles. The average molecular weight is 273 g/mol. The smallest absolute Gasteiger partial charge is 0.338 e. The molecule has 1 rings (SSSR count). The van der Waals surface area contributed by atoms with Crippen LogP contribution in [0.1, 0.15) is 18.6 Å². The Balaban J connectivity index is 3.00. The number of aliphatic hydroxyl groups excluding tert-OH is 2. The fraction of sp³-hybridized carbons (Fsp3) is 0.364. The van der Waals surface area contributed by atoms with Crippen LogP contribution in [0.2, 0.25) is 0 Å². The maximum atomic E-state index is 13.1. The van der Waals surface area contributed by atoms with E-state index in [1.165, 1.54) is 6.92 Å². The van der Waals surface area contributed by atoms with Gasteiger partial charge < -0.3 is 14.9 Å². The van der Waals surface area contributed by atoms with Gasteiger partial charge >= 0.3 is 11.7 Å². The van der Waals surface area contributed by atoms with E-state index >= 15 is 0 Å². The molecule has 8 heteroatoms. The summed E-state index contributed by atoms with van der Waals surface area (Å²) in [6.07, 6.45) is -3.64. The lowest BCUT2D eigenvalue weighted by Crippen LogP contribution is -2.29. The van der Waals surface area contributed by atoms with Crippen LogP contribution in [0, 0.1) is 15.9 Å². The molecule has 7 nitrogen and oxygen atoms in total. The summed E-state index contributed by atoms with van der Waals surface area (Å²) in [5.41, 5.74) is -1.01. The predicted octanol–water partition coefficient (Wildman–Crippen LogP) is 0.691. The van der Waals surface area contributed by atoms with Gasteiger partial charge in [0.05, 0.1) is 11.5 Å². The van der Waals surface area contributed by atoms with Gasteiger partial charge in [-0.05, 0) is 18.6 Å². The Morgan fingerprint density at radius 2 is 2.16 bits per heavy atom. The standard InChI is InChI=1S/C11H12FNO6/c1-2-19-11(16)10(15)9(14)6-3-4-7(12)8(5-6)13(17)18/h3-5,9-10,14-15H,2H2,1H3. The second-order valence-corrected chi connectivity index (χ2v) is 3.61. The molecule has 19 heavy (non-hydrogen) atoms. The summed E-state index contributed by atoms with van der Waals surface area (Å²) >= 11 is 0. The monoisotopic (exact) mass is 273 g/mol. The average Bonchev–Trinajstić information content (AvgIpc) is 2.37. The van der Waals surface area contributed by atoms with E-state index < -0.39 is 34.6 Å². The molecule has 0 aliphatic carbocycles. The maximum absolute atomic E-state index is 13.1. The van der Waals surface area contributed by atoms with Crippen LogP contribution >= 0.6 is 0 Å². The number of rotatable bonds is 5. The van der Waals surface area contributed by atoms with E-state index in [2.05, 4.69) is 4.74 Å². The van der Waals surface area contributed by atoms with E-state index in [0.29, 0.717) is 0 Å². The molecule has 0 aliphatic rings. The minimum atomic E-state index is -1.90. The zero-order chi connectivity index (χ0) is 14.6. The van der Waals surface area contributed by atoms with Crippen molar-refractivity contribution in [3.8, 4) is 0 Å². The molecule has 0 saturated carbocycles. The van der Waals surface area contributed by atoms with Crippen LogP contribution in [0.15, 0.2) is 18.2 Å². The second-order valence-electron chi connectivity index (χ2n) is 3.61. The SMILES string of the molecule is CCOC(=O)C(O)C(O)c1ccc(F)c([N+](=O)[O-])c1. The first-order chi connectivity index (χ1) is 8.88. The lowest BCUT2D eigenvalue weighted by molar-refractivity contribution is -0.387. The molecule has 0 saturated heterocycles. The first-order valence-corrected chi connectivity index (χ1v) is 5.35. The van der Waals surface area contributed by atoms with Crippen molar-refractivity contribution in [1.82, 2.24) is 0 Å². The van der Waals surface area contributed by atoms with Crippen LogP contribution in [0.25, 0.3) is 0 Å². The molecule has 2 atom stereocenters. The highest BCUT2D eigenvalue weighted by Gasteiger charge is 2.28. The van der Waals surface area contributed by atoms with Gasteiger partial charge in [-0.25, -0.2) is 4.79 Å². The molecule has 1 aromatic carbocycles. The zero-order valence-electron chi connectivity index (χ0n) is 9.95. The minimum absolute atomic E-state index is 0.00613. The van der Waals surface area contributed by atoms with Crippen molar-refractivity contribution >= 4 is 11.7 Å². The fourth-order valence-electron chi connectivity index (χ4n) is 1.39. The van der Waals surface area contributed by atoms with E-state index in [0.717, 1.165) is 18.2 Å². The molecule has 0 bridgehead atoms. The molecule has 2 unspecified atom stereocenters. The Bertz CT molecular complexity index is 492. The summed E-state index contributed by atoms with van der Waals surface area (Å²) in [7, 11) is 0. The Morgan fingerprint density at radius 1 is 1.53 bits per heavy atom. The number of nitro groups is 1. The molecule has 104 valence electrons. The van der Waals surface area contributed by atoms with Crippen molar-refractivity contribution in [3.05, 3.63) is 39.7 Å². The van der Waals surface area contributed by atoms with Crippen molar-refractivity contribution in [2.24, 2.45) is 0 Å². The van der Waals surface area contributed by atoms with Gasteiger partial charge in [0.1, 0.15) is 6.10 Å². The molecule has 2 N–H and O–H groups in total. The minimum Gasteiger partial charge on any atom is -0.464 e. The van der Waals surface area contributed by atoms with Gasteiger partial charge in [-0.2, -0.15) is 4.39 Å². The highest BCUT2D eigenvalue weighted by atomic mass is 19.1. The lowest BCUT2D eigenvalue weighted by atomic mass is 10.0. The number of nitro benzene ring substituents is 1. The van der Waals surface area contributed by atoms with Gasteiger partial charge in [0.25, 0.3) is 0 Å². The van der Waals surface area contributed by atoms with E-state index in [1.54, 1.807) is 0 Å². The summed E-state index contributed by atoms with van der Waals surface area (Å²) in [6.45, 7) is 1.52. The third-order valence-electron chi connectivity index (χ3n) is 2.34. The van der Waals surface area contributed by atoms with Gasteiger partial charge in [-0.3, -0.25) is 10.1 Å².